The van der Waals surface area contributed by atoms with Crippen LogP contribution in [0.5, 0.6) is 0 Å². The lowest BCUT2D eigenvalue weighted by atomic mass is 10.2. The minimum absolute atomic E-state index is 0.704. The molecular formula is C6H15NOP+. The fourth-order valence-corrected chi connectivity index (χ4v) is 1.23. The van der Waals surface area contributed by atoms with E-state index in [0.717, 1.165) is 6.42 Å². The molecule has 0 aliphatic heterocycles. The Kier molecular flexibility index (Phi) is 6.23. The molecule has 0 aromatic rings. The summed E-state index contributed by atoms with van der Waals surface area (Å²) < 4.78 is 10.3. The van der Waals surface area contributed by atoms with Crippen molar-refractivity contribution >= 4 is 7.95 Å². The van der Waals surface area contributed by atoms with Crippen LogP contribution in [0, 0.1) is 0 Å². The van der Waals surface area contributed by atoms with Gasteiger partial charge < -0.3 is 0 Å². The van der Waals surface area contributed by atoms with E-state index in [0.29, 0.717) is 6.16 Å². The molecule has 0 saturated heterocycles. The Morgan fingerprint density at radius 3 is 2.44 bits per heavy atom. The Bertz CT molecular complexity index is 85.1. The van der Waals surface area contributed by atoms with Crippen LogP contribution in [0.25, 0.3) is 0 Å². The van der Waals surface area contributed by atoms with Crippen molar-refractivity contribution in [1.29, 1.82) is 0 Å². The summed E-state index contributed by atoms with van der Waals surface area (Å²) in [7, 11) is -1.37. The maximum atomic E-state index is 10.3. The van der Waals surface area contributed by atoms with Crippen molar-refractivity contribution < 1.29 is 4.57 Å². The molecule has 9 heavy (non-hydrogen) atoms. The molecule has 1 atom stereocenters. The van der Waals surface area contributed by atoms with Gasteiger partial charge >= 0.3 is 7.95 Å². The van der Waals surface area contributed by atoms with Gasteiger partial charge in [0, 0.05) is 0 Å². The average molecular weight is 148 g/mol. The zero-order valence-electron chi connectivity index (χ0n) is 5.97. The van der Waals surface area contributed by atoms with E-state index in [9.17, 15) is 4.57 Å². The monoisotopic (exact) mass is 148 g/mol. The van der Waals surface area contributed by atoms with Gasteiger partial charge in [0.05, 0.1) is 0 Å². The summed E-state index contributed by atoms with van der Waals surface area (Å²) in [6, 6.07) is 0. The molecule has 0 amide bonds. The Morgan fingerprint density at radius 2 is 2.00 bits per heavy atom. The Balaban J connectivity index is 2.83. The van der Waals surface area contributed by atoms with Crippen molar-refractivity contribution in [3.8, 4) is 0 Å². The molecule has 0 spiro atoms. The normalized spacial score (nSPS) is 11.6. The Morgan fingerprint density at radius 1 is 1.33 bits per heavy atom. The molecule has 3 heteroatoms. The third-order valence-corrected chi connectivity index (χ3v) is 1.99. The van der Waals surface area contributed by atoms with Crippen molar-refractivity contribution in [3.05, 3.63) is 0 Å². The van der Waals surface area contributed by atoms with Gasteiger partial charge in [-0.1, -0.05) is 24.3 Å². The minimum atomic E-state index is -1.37. The first-order valence-electron chi connectivity index (χ1n) is 3.46. The predicted molar refractivity (Wildman–Crippen MR) is 40.8 cm³/mol. The second kappa shape index (κ2) is 6.18. The molecule has 2 nitrogen and oxygen atoms in total. The van der Waals surface area contributed by atoms with E-state index in [1.54, 1.807) is 0 Å². The van der Waals surface area contributed by atoms with Crippen LogP contribution in [0.3, 0.4) is 0 Å². The smallest absolute Gasteiger partial charge is 0.122 e. The molecule has 2 N–H and O–H groups in total. The van der Waals surface area contributed by atoms with E-state index in [1.807, 2.05) is 0 Å². The highest BCUT2D eigenvalue weighted by molar-refractivity contribution is 7.41. The molecule has 54 valence electrons. The highest BCUT2D eigenvalue weighted by atomic mass is 31.1. The number of hydrogen-bond donors (Lipinski definition) is 1. The van der Waals surface area contributed by atoms with Gasteiger partial charge in [-0.25, -0.2) is 0 Å². The van der Waals surface area contributed by atoms with Gasteiger partial charge in [0.1, 0.15) is 0 Å². The van der Waals surface area contributed by atoms with Crippen LogP contribution in [-0.2, 0) is 4.57 Å². The zero-order chi connectivity index (χ0) is 7.11. The van der Waals surface area contributed by atoms with Crippen molar-refractivity contribution in [2.45, 2.75) is 32.6 Å². The van der Waals surface area contributed by atoms with Crippen molar-refractivity contribution in [1.82, 2.24) is 0 Å². The van der Waals surface area contributed by atoms with Gasteiger partial charge in [-0.05, 0) is 12.8 Å². The number of nitrogens with two attached hydrogens (primary N) is 1. The molecule has 0 aromatic carbocycles. The van der Waals surface area contributed by atoms with E-state index in [4.69, 9.17) is 5.50 Å². The first-order valence-corrected chi connectivity index (χ1v) is 4.98. The van der Waals surface area contributed by atoms with Crippen LogP contribution in [0.1, 0.15) is 32.6 Å². The zero-order valence-corrected chi connectivity index (χ0v) is 6.86. The summed E-state index contributed by atoms with van der Waals surface area (Å²) in [6.45, 7) is 2.16. The van der Waals surface area contributed by atoms with E-state index in [1.165, 1.54) is 19.3 Å². The predicted octanol–water partition coefficient (Wildman–Crippen LogP) is 2.27. The summed E-state index contributed by atoms with van der Waals surface area (Å²) in [5.41, 5.74) is 5.08. The third kappa shape index (κ3) is 8.06. The first-order chi connectivity index (χ1) is 4.27. The molecule has 0 aromatic heterocycles. The summed E-state index contributed by atoms with van der Waals surface area (Å²) >= 11 is 0. The molecule has 0 aliphatic carbocycles. The molecule has 0 rings (SSSR count). The lowest BCUT2D eigenvalue weighted by molar-refractivity contribution is 0.584. The van der Waals surface area contributed by atoms with Crippen molar-refractivity contribution in [2.24, 2.45) is 5.50 Å². The van der Waals surface area contributed by atoms with Crippen LogP contribution in [0.15, 0.2) is 0 Å². The topological polar surface area (TPSA) is 43.1 Å². The maximum Gasteiger partial charge on any atom is 0.429 e. The molecule has 0 fully saturated rings. The van der Waals surface area contributed by atoms with Crippen molar-refractivity contribution in [3.63, 3.8) is 0 Å². The maximum absolute atomic E-state index is 10.3. The second-order valence-corrected chi connectivity index (χ2v) is 3.48. The highest BCUT2D eigenvalue weighted by Crippen LogP contribution is 2.11. The summed E-state index contributed by atoms with van der Waals surface area (Å²) in [5, 5.41) is 0. The van der Waals surface area contributed by atoms with E-state index in [-0.39, 0.29) is 0 Å². The Hall–Kier alpha value is 0.0600. The fourth-order valence-electron chi connectivity index (χ4n) is 0.694. The average Bonchev–Trinajstić information content (AvgIpc) is 1.80. The summed E-state index contributed by atoms with van der Waals surface area (Å²) in [5.74, 6) is 0. The van der Waals surface area contributed by atoms with Crippen LogP contribution < -0.4 is 5.50 Å². The molecule has 0 bridgehead atoms. The van der Waals surface area contributed by atoms with Gasteiger partial charge in [0.15, 0.2) is 6.16 Å². The highest BCUT2D eigenvalue weighted by Gasteiger charge is 2.04. The SMILES string of the molecule is CCCCCC[P+](N)=O. The van der Waals surface area contributed by atoms with Crippen LogP contribution in [0.2, 0.25) is 0 Å². The van der Waals surface area contributed by atoms with E-state index < -0.39 is 7.95 Å². The van der Waals surface area contributed by atoms with E-state index in [2.05, 4.69) is 6.92 Å². The van der Waals surface area contributed by atoms with Gasteiger partial charge in [-0.3, -0.25) is 0 Å². The molecule has 1 unspecified atom stereocenters. The first kappa shape index (κ1) is 9.06. The summed E-state index contributed by atoms with van der Waals surface area (Å²) in [6.07, 6.45) is 5.37. The largest absolute Gasteiger partial charge is 0.429 e. The lowest BCUT2D eigenvalue weighted by Gasteiger charge is -1.88. The minimum Gasteiger partial charge on any atom is -0.122 e. The molecule has 0 saturated carbocycles. The van der Waals surface area contributed by atoms with Crippen LogP contribution >= 0.6 is 7.95 Å². The number of hydrogen-bond acceptors (Lipinski definition) is 1. The number of rotatable bonds is 5. The molecular weight excluding hydrogens is 133 g/mol. The van der Waals surface area contributed by atoms with Crippen LogP contribution in [-0.4, -0.2) is 6.16 Å². The quantitative estimate of drug-likeness (QED) is 0.480. The van der Waals surface area contributed by atoms with Gasteiger partial charge in [0.25, 0.3) is 0 Å². The third-order valence-electron chi connectivity index (χ3n) is 1.23. The van der Waals surface area contributed by atoms with Gasteiger partial charge in [-0.2, -0.15) is 0 Å². The van der Waals surface area contributed by atoms with E-state index >= 15 is 0 Å². The lowest BCUT2D eigenvalue weighted by Crippen LogP contribution is -1.85. The molecule has 0 aliphatic rings. The van der Waals surface area contributed by atoms with Crippen molar-refractivity contribution in [2.75, 3.05) is 6.16 Å². The summed E-state index contributed by atoms with van der Waals surface area (Å²) in [4.78, 5) is 0. The van der Waals surface area contributed by atoms with Gasteiger partial charge in [-0.15, -0.1) is 5.50 Å². The second-order valence-electron chi connectivity index (χ2n) is 2.20. The van der Waals surface area contributed by atoms with Crippen LogP contribution in [0.4, 0.5) is 0 Å². The molecule has 0 radical (unpaired) electrons. The Labute approximate surface area is 57.7 Å². The molecule has 0 heterocycles. The van der Waals surface area contributed by atoms with Gasteiger partial charge in [0.2, 0.25) is 0 Å². The number of unbranched alkanes of at least 4 members (excludes halogenated alkanes) is 3. The fraction of sp³-hybridized carbons (Fsp3) is 1.00. The standard InChI is InChI=1S/C6H15NOP/c1-2-3-4-5-6-9(7)8/h2-6H2,1H3,(H2,7,8)/q+1.